The van der Waals surface area contributed by atoms with Gasteiger partial charge in [-0.05, 0) is 18.9 Å². The lowest BCUT2D eigenvalue weighted by Crippen LogP contribution is -2.25. The first-order chi connectivity index (χ1) is 7.81. The van der Waals surface area contributed by atoms with Gasteiger partial charge in [-0.3, -0.25) is 4.90 Å². The molecule has 0 aromatic heterocycles. The lowest BCUT2D eigenvalue weighted by molar-refractivity contribution is 0.0321. The average molecular weight is 219 g/mol. The summed E-state index contributed by atoms with van der Waals surface area (Å²) >= 11 is 0. The molecule has 0 amide bonds. The van der Waals surface area contributed by atoms with Gasteiger partial charge in [-0.1, -0.05) is 43.2 Å². The van der Waals surface area contributed by atoms with Crippen LogP contribution in [-0.4, -0.2) is 24.6 Å². The van der Waals surface area contributed by atoms with Crippen LogP contribution in [0.15, 0.2) is 24.3 Å². The van der Waals surface area contributed by atoms with Crippen LogP contribution in [0, 0.1) is 6.92 Å². The fourth-order valence-electron chi connectivity index (χ4n) is 2.23. The van der Waals surface area contributed by atoms with E-state index in [1.807, 2.05) is 0 Å². The van der Waals surface area contributed by atoms with Gasteiger partial charge in [-0.25, -0.2) is 0 Å². The number of benzene rings is 1. The molecule has 1 aliphatic heterocycles. The lowest BCUT2D eigenvalue weighted by atomic mass is 10.1. The molecule has 0 spiro atoms. The van der Waals surface area contributed by atoms with E-state index < -0.39 is 0 Å². The maximum absolute atomic E-state index is 5.83. The Labute approximate surface area is 98.2 Å². The van der Waals surface area contributed by atoms with E-state index in [0.717, 1.165) is 19.7 Å². The Bertz CT molecular complexity index is 337. The van der Waals surface area contributed by atoms with Crippen molar-refractivity contribution in [2.45, 2.75) is 32.9 Å². The third kappa shape index (κ3) is 2.63. The number of aryl methyl sites for hydroxylation is 1. The summed E-state index contributed by atoms with van der Waals surface area (Å²) in [5.41, 5.74) is 2.61. The highest BCUT2D eigenvalue weighted by atomic mass is 16.5. The zero-order chi connectivity index (χ0) is 11.4. The number of hydrogen-bond acceptors (Lipinski definition) is 2. The Kier molecular flexibility index (Phi) is 3.97. The predicted octanol–water partition coefficient (Wildman–Crippen LogP) is 3.13. The van der Waals surface area contributed by atoms with Gasteiger partial charge in [0.05, 0.1) is 6.61 Å². The molecule has 1 aromatic rings. The molecule has 1 atom stereocenters. The molecule has 2 nitrogen and oxygen atoms in total. The fourth-order valence-corrected chi connectivity index (χ4v) is 2.23. The Morgan fingerprint density at radius 2 is 2.31 bits per heavy atom. The van der Waals surface area contributed by atoms with E-state index in [2.05, 4.69) is 43.0 Å². The summed E-state index contributed by atoms with van der Waals surface area (Å²) in [6.07, 6.45) is 2.69. The molecule has 16 heavy (non-hydrogen) atoms. The van der Waals surface area contributed by atoms with E-state index in [1.165, 1.54) is 24.0 Å². The van der Waals surface area contributed by atoms with Crippen molar-refractivity contribution in [1.29, 1.82) is 0 Å². The highest BCUT2D eigenvalue weighted by molar-refractivity contribution is 5.24. The van der Waals surface area contributed by atoms with E-state index in [9.17, 15) is 0 Å². The first-order valence-corrected chi connectivity index (χ1v) is 6.23. The first kappa shape index (κ1) is 11.6. The molecular weight excluding hydrogens is 198 g/mol. The molecule has 0 saturated carbocycles. The summed E-state index contributed by atoms with van der Waals surface area (Å²) in [5.74, 6) is 0. The van der Waals surface area contributed by atoms with Crippen molar-refractivity contribution >= 4 is 0 Å². The molecule has 0 bridgehead atoms. The van der Waals surface area contributed by atoms with Gasteiger partial charge >= 0.3 is 0 Å². The third-order valence-electron chi connectivity index (χ3n) is 3.11. The molecule has 1 aromatic carbocycles. The maximum Gasteiger partial charge on any atom is 0.136 e. The Morgan fingerprint density at radius 1 is 1.44 bits per heavy atom. The van der Waals surface area contributed by atoms with Gasteiger partial charge in [0.1, 0.15) is 6.23 Å². The first-order valence-electron chi connectivity index (χ1n) is 6.23. The van der Waals surface area contributed by atoms with Crippen molar-refractivity contribution in [3.8, 4) is 0 Å². The SMILES string of the molecule is CCCCN1CCOC1c1cccc(C)c1. The van der Waals surface area contributed by atoms with Gasteiger partial charge in [0, 0.05) is 13.1 Å². The molecule has 88 valence electrons. The standard InChI is InChI=1S/C14H21NO/c1-3-4-8-15-9-10-16-14(15)13-7-5-6-12(2)11-13/h5-7,11,14H,3-4,8-10H2,1-2H3. The highest BCUT2D eigenvalue weighted by Gasteiger charge is 2.25. The molecule has 2 rings (SSSR count). The molecule has 0 N–H and O–H groups in total. The molecule has 0 radical (unpaired) electrons. The summed E-state index contributed by atoms with van der Waals surface area (Å²) in [6.45, 7) is 7.45. The summed E-state index contributed by atoms with van der Waals surface area (Å²) in [4.78, 5) is 2.44. The summed E-state index contributed by atoms with van der Waals surface area (Å²) in [7, 11) is 0. The Balaban J connectivity index is 2.07. The van der Waals surface area contributed by atoms with Crippen LogP contribution in [0.3, 0.4) is 0 Å². The number of rotatable bonds is 4. The molecule has 1 aliphatic rings. The van der Waals surface area contributed by atoms with E-state index in [0.29, 0.717) is 0 Å². The maximum atomic E-state index is 5.83. The van der Waals surface area contributed by atoms with Crippen molar-refractivity contribution in [1.82, 2.24) is 4.90 Å². The zero-order valence-corrected chi connectivity index (χ0v) is 10.3. The fraction of sp³-hybridized carbons (Fsp3) is 0.571. The molecule has 2 heteroatoms. The van der Waals surface area contributed by atoms with Crippen LogP contribution in [-0.2, 0) is 4.74 Å². The van der Waals surface area contributed by atoms with E-state index >= 15 is 0 Å². The van der Waals surface area contributed by atoms with Crippen molar-refractivity contribution in [3.63, 3.8) is 0 Å². The molecular formula is C14H21NO. The second kappa shape index (κ2) is 5.46. The second-order valence-electron chi connectivity index (χ2n) is 4.53. The highest BCUT2D eigenvalue weighted by Crippen LogP contribution is 2.27. The van der Waals surface area contributed by atoms with Crippen LogP contribution in [0.25, 0.3) is 0 Å². The normalized spacial score (nSPS) is 21.5. The van der Waals surface area contributed by atoms with E-state index in [4.69, 9.17) is 4.74 Å². The van der Waals surface area contributed by atoms with Crippen LogP contribution in [0.4, 0.5) is 0 Å². The number of ether oxygens (including phenoxy) is 1. The molecule has 1 unspecified atom stereocenters. The topological polar surface area (TPSA) is 12.5 Å². The summed E-state index contributed by atoms with van der Waals surface area (Å²) in [5, 5.41) is 0. The number of unbranched alkanes of at least 4 members (excludes halogenated alkanes) is 1. The third-order valence-corrected chi connectivity index (χ3v) is 3.11. The predicted molar refractivity (Wildman–Crippen MR) is 66.4 cm³/mol. The Morgan fingerprint density at radius 3 is 3.06 bits per heavy atom. The smallest absolute Gasteiger partial charge is 0.136 e. The van der Waals surface area contributed by atoms with Crippen LogP contribution in [0.1, 0.15) is 37.1 Å². The van der Waals surface area contributed by atoms with Crippen molar-refractivity contribution in [3.05, 3.63) is 35.4 Å². The van der Waals surface area contributed by atoms with Crippen LogP contribution in [0.5, 0.6) is 0 Å². The molecule has 1 saturated heterocycles. The number of nitrogens with zero attached hydrogens (tertiary/aromatic N) is 1. The van der Waals surface area contributed by atoms with Gasteiger partial charge in [-0.15, -0.1) is 0 Å². The molecule has 1 heterocycles. The second-order valence-corrected chi connectivity index (χ2v) is 4.53. The van der Waals surface area contributed by atoms with Crippen LogP contribution >= 0.6 is 0 Å². The van der Waals surface area contributed by atoms with E-state index in [-0.39, 0.29) is 6.23 Å². The summed E-state index contributed by atoms with van der Waals surface area (Å²) < 4.78 is 5.83. The lowest BCUT2D eigenvalue weighted by Gasteiger charge is -2.23. The quantitative estimate of drug-likeness (QED) is 0.771. The number of hydrogen-bond donors (Lipinski definition) is 0. The minimum atomic E-state index is 0.187. The zero-order valence-electron chi connectivity index (χ0n) is 10.3. The minimum absolute atomic E-state index is 0.187. The average Bonchev–Trinajstić information content (AvgIpc) is 2.74. The Hall–Kier alpha value is -0.860. The van der Waals surface area contributed by atoms with Gasteiger partial charge in [0.15, 0.2) is 0 Å². The molecule has 1 fully saturated rings. The van der Waals surface area contributed by atoms with Gasteiger partial charge < -0.3 is 4.74 Å². The van der Waals surface area contributed by atoms with Crippen molar-refractivity contribution < 1.29 is 4.74 Å². The molecule has 0 aliphatic carbocycles. The van der Waals surface area contributed by atoms with Crippen molar-refractivity contribution in [2.24, 2.45) is 0 Å². The van der Waals surface area contributed by atoms with Gasteiger partial charge in [0.2, 0.25) is 0 Å². The minimum Gasteiger partial charge on any atom is -0.358 e. The van der Waals surface area contributed by atoms with Crippen LogP contribution in [0.2, 0.25) is 0 Å². The van der Waals surface area contributed by atoms with Gasteiger partial charge in [-0.2, -0.15) is 0 Å². The summed E-state index contributed by atoms with van der Waals surface area (Å²) in [6, 6.07) is 8.65. The van der Waals surface area contributed by atoms with Crippen LogP contribution < -0.4 is 0 Å². The largest absolute Gasteiger partial charge is 0.358 e. The van der Waals surface area contributed by atoms with Gasteiger partial charge in [0.25, 0.3) is 0 Å². The monoisotopic (exact) mass is 219 g/mol. The van der Waals surface area contributed by atoms with E-state index in [1.54, 1.807) is 0 Å². The van der Waals surface area contributed by atoms with Crippen molar-refractivity contribution in [2.75, 3.05) is 19.7 Å².